The fraction of sp³-hybridized carbons (Fsp3) is 0.125. The van der Waals surface area contributed by atoms with Crippen LogP contribution in [0, 0.1) is 11.3 Å². The number of nitrogens with zero attached hydrogens (tertiary/aromatic N) is 1. The number of hydrogen-bond acceptors (Lipinski definition) is 4. The Morgan fingerprint density at radius 1 is 1.29 bits per heavy atom. The number of amides is 1. The Hall–Kier alpha value is -3.00. The van der Waals surface area contributed by atoms with Crippen LogP contribution in [0.15, 0.2) is 48.5 Å². The molecule has 0 aromatic heterocycles. The number of nitrogen functional groups attached to an aromatic ring is 1. The highest BCUT2D eigenvalue weighted by molar-refractivity contribution is 5.94. The second kappa shape index (κ2) is 6.44. The molecule has 5 heteroatoms. The largest absolute Gasteiger partial charge is 0.481 e. The third-order valence-electron chi connectivity index (χ3n) is 2.80. The molecule has 0 fully saturated rings. The number of nitrogens with one attached hydrogen (secondary N) is 1. The van der Waals surface area contributed by atoms with Crippen LogP contribution in [0.25, 0.3) is 0 Å². The van der Waals surface area contributed by atoms with Crippen molar-refractivity contribution < 1.29 is 9.53 Å². The van der Waals surface area contributed by atoms with E-state index in [1.54, 1.807) is 55.5 Å². The number of nitriles is 1. The molecule has 0 heterocycles. The summed E-state index contributed by atoms with van der Waals surface area (Å²) in [6, 6.07) is 15.6. The summed E-state index contributed by atoms with van der Waals surface area (Å²) in [5, 5.41) is 11.6. The van der Waals surface area contributed by atoms with E-state index in [1.165, 1.54) is 0 Å². The minimum atomic E-state index is -0.694. The fourth-order valence-electron chi connectivity index (χ4n) is 1.76. The highest BCUT2D eigenvalue weighted by Crippen LogP contribution is 2.16. The van der Waals surface area contributed by atoms with Gasteiger partial charge in [0.15, 0.2) is 6.10 Å². The average molecular weight is 281 g/mol. The standard InChI is InChI=1S/C16H15N3O2/c1-11(21-15-7-2-4-12(8-15)10-17)16(20)19-14-6-3-5-13(18)9-14/h2-9,11H,18H2,1H3,(H,19,20). The lowest BCUT2D eigenvalue weighted by molar-refractivity contribution is -0.122. The maximum atomic E-state index is 12.0. The number of nitrogens with two attached hydrogens (primary N) is 1. The minimum absolute atomic E-state index is 0.289. The molecule has 21 heavy (non-hydrogen) atoms. The topological polar surface area (TPSA) is 88.1 Å². The van der Waals surface area contributed by atoms with Crippen molar-refractivity contribution in [3.63, 3.8) is 0 Å². The molecule has 1 unspecified atom stereocenters. The van der Waals surface area contributed by atoms with E-state index < -0.39 is 6.10 Å². The summed E-state index contributed by atoms with van der Waals surface area (Å²) in [6.07, 6.45) is -0.694. The Morgan fingerprint density at radius 3 is 2.76 bits per heavy atom. The summed E-state index contributed by atoms with van der Waals surface area (Å²) in [5.74, 6) is 0.187. The van der Waals surface area contributed by atoms with Gasteiger partial charge in [-0.25, -0.2) is 0 Å². The minimum Gasteiger partial charge on any atom is -0.481 e. The molecule has 5 nitrogen and oxygen atoms in total. The second-order valence-corrected chi connectivity index (χ2v) is 4.51. The van der Waals surface area contributed by atoms with E-state index in [0.29, 0.717) is 22.7 Å². The number of rotatable bonds is 4. The van der Waals surface area contributed by atoms with E-state index in [4.69, 9.17) is 15.7 Å². The van der Waals surface area contributed by atoms with Gasteiger partial charge in [0.1, 0.15) is 5.75 Å². The third kappa shape index (κ3) is 3.98. The van der Waals surface area contributed by atoms with Crippen molar-refractivity contribution in [2.24, 2.45) is 0 Å². The lowest BCUT2D eigenvalue weighted by Gasteiger charge is -2.15. The molecule has 106 valence electrons. The summed E-state index contributed by atoms with van der Waals surface area (Å²) in [7, 11) is 0. The highest BCUT2D eigenvalue weighted by Gasteiger charge is 2.15. The van der Waals surface area contributed by atoms with Crippen molar-refractivity contribution in [3.05, 3.63) is 54.1 Å². The van der Waals surface area contributed by atoms with Gasteiger partial charge in [-0.1, -0.05) is 12.1 Å². The molecule has 0 aliphatic carbocycles. The molecular weight excluding hydrogens is 266 g/mol. The van der Waals surface area contributed by atoms with Gasteiger partial charge in [-0.15, -0.1) is 0 Å². The fourth-order valence-corrected chi connectivity index (χ4v) is 1.76. The van der Waals surface area contributed by atoms with Crippen molar-refractivity contribution in [1.82, 2.24) is 0 Å². The molecule has 1 amide bonds. The van der Waals surface area contributed by atoms with Gasteiger partial charge in [0.05, 0.1) is 11.6 Å². The Kier molecular flexibility index (Phi) is 4.42. The molecule has 1 atom stereocenters. The van der Waals surface area contributed by atoms with Crippen LogP contribution in [-0.4, -0.2) is 12.0 Å². The molecule has 2 aromatic carbocycles. The maximum Gasteiger partial charge on any atom is 0.265 e. The first kappa shape index (κ1) is 14.4. The summed E-state index contributed by atoms with van der Waals surface area (Å²) in [6.45, 7) is 1.64. The Morgan fingerprint density at radius 2 is 2.05 bits per heavy atom. The first-order chi connectivity index (χ1) is 10.1. The van der Waals surface area contributed by atoms with Gasteiger partial charge in [-0.3, -0.25) is 4.79 Å². The first-order valence-electron chi connectivity index (χ1n) is 6.41. The molecule has 0 saturated carbocycles. The average Bonchev–Trinajstić information content (AvgIpc) is 2.47. The Bertz CT molecular complexity index is 692. The van der Waals surface area contributed by atoms with Crippen LogP contribution in [0.2, 0.25) is 0 Å². The van der Waals surface area contributed by atoms with Gasteiger partial charge < -0.3 is 15.8 Å². The van der Waals surface area contributed by atoms with Gasteiger partial charge in [-0.05, 0) is 43.3 Å². The summed E-state index contributed by atoms with van der Waals surface area (Å²) < 4.78 is 5.53. The van der Waals surface area contributed by atoms with E-state index in [2.05, 4.69) is 5.32 Å². The molecule has 0 spiro atoms. The van der Waals surface area contributed by atoms with Crippen LogP contribution in [0.3, 0.4) is 0 Å². The van der Waals surface area contributed by atoms with E-state index in [9.17, 15) is 4.79 Å². The van der Waals surface area contributed by atoms with Gasteiger partial charge in [0.25, 0.3) is 5.91 Å². The zero-order valence-electron chi connectivity index (χ0n) is 11.5. The number of carbonyl (C=O) groups excluding carboxylic acids is 1. The number of carbonyl (C=O) groups is 1. The zero-order valence-corrected chi connectivity index (χ0v) is 11.5. The molecule has 0 bridgehead atoms. The van der Waals surface area contributed by atoms with E-state index in [0.717, 1.165) is 0 Å². The van der Waals surface area contributed by atoms with Crippen LogP contribution in [0.1, 0.15) is 12.5 Å². The second-order valence-electron chi connectivity index (χ2n) is 4.51. The Labute approximate surface area is 123 Å². The third-order valence-corrected chi connectivity index (χ3v) is 2.80. The molecule has 0 radical (unpaired) electrons. The number of benzene rings is 2. The normalized spacial score (nSPS) is 11.2. The summed E-state index contributed by atoms with van der Waals surface area (Å²) in [5.41, 5.74) is 7.32. The molecule has 2 aromatic rings. The smallest absolute Gasteiger partial charge is 0.265 e. The predicted octanol–water partition coefficient (Wildman–Crippen LogP) is 2.55. The van der Waals surface area contributed by atoms with Crippen molar-refractivity contribution in [3.8, 4) is 11.8 Å². The molecule has 0 aliphatic rings. The van der Waals surface area contributed by atoms with Crippen molar-refractivity contribution >= 4 is 17.3 Å². The Balaban J connectivity index is 2.01. The quantitative estimate of drug-likeness (QED) is 0.843. The van der Waals surface area contributed by atoms with Crippen LogP contribution >= 0.6 is 0 Å². The number of anilines is 2. The molecule has 2 rings (SSSR count). The molecule has 0 saturated heterocycles. The van der Waals surface area contributed by atoms with Gasteiger partial charge >= 0.3 is 0 Å². The SMILES string of the molecule is CC(Oc1cccc(C#N)c1)C(=O)Nc1cccc(N)c1. The molecule has 3 N–H and O–H groups in total. The molecule has 0 aliphatic heterocycles. The van der Waals surface area contributed by atoms with Crippen LogP contribution in [-0.2, 0) is 4.79 Å². The lowest BCUT2D eigenvalue weighted by Crippen LogP contribution is -2.30. The van der Waals surface area contributed by atoms with Gasteiger partial charge in [-0.2, -0.15) is 5.26 Å². The van der Waals surface area contributed by atoms with Crippen molar-refractivity contribution in [2.75, 3.05) is 11.1 Å². The summed E-state index contributed by atoms with van der Waals surface area (Å²) >= 11 is 0. The van der Waals surface area contributed by atoms with E-state index >= 15 is 0 Å². The molecular formula is C16H15N3O2. The van der Waals surface area contributed by atoms with Gasteiger partial charge in [0, 0.05) is 11.4 Å². The first-order valence-corrected chi connectivity index (χ1v) is 6.41. The highest BCUT2D eigenvalue weighted by atomic mass is 16.5. The zero-order chi connectivity index (χ0) is 15.2. The lowest BCUT2D eigenvalue weighted by atomic mass is 10.2. The van der Waals surface area contributed by atoms with Crippen molar-refractivity contribution in [1.29, 1.82) is 5.26 Å². The number of hydrogen-bond donors (Lipinski definition) is 2. The van der Waals surface area contributed by atoms with Crippen LogP contribution < -0.4 is 15.8 Å². The van der Waals surface area contributed by atoms with Gasteiger partial charge in [0.2, 0.25) is 0 Å². The van der Waals surface area contributed by atoms with Crippen LogP contribution in [0.4, 0.5) is 11.4 Å². The number of ether oxygens (including phenoxy) is 1. The van der Waals surface area contributed by atoms with Crippen molar-refractivity contribution in [2.45, 2.75) is 13.0 Å². The van der Waals surface area contributed by atoms with Crippen LogP contribution in [0.5, 0.6) is 5.75 Å². The van der Waals surface area contributed by atoms with E-state index in [1.807, 2.05) is 6.07 Å². The monoisotopic (exact) mass is 281 g/mol. The summed E-state index contributed by atoms with van der Waals surface area (Å²) in [4.78, 5) is 12.0. The predicted molar refractivity (Wildman–Crippen MR) is 80.7 cm³/mol. The maximum absolute atomic E-state index is 12.0. The van der Waals surface area contributed by atoms with E-state index in [-0.39, 0.29) is 5.91 Å².